The van der Waals surface area contributed by atoms with E-state index in [1.165, 1.54) is 4.57 Å². The second-order valence-corrected chi connectivity index (χ2v) is 2.63. The first-order chi connectivity index (χ1) is 4.75. The van der Waals surface area contributed by atoms with Crippen LogP contribution in [0.3, 0.4) is 0 Å². The minimum absolute atomic E-state index is 0.392. The van der Waals surface area contributed by atoms with Crippen LogP contribution in [-0.2, 0) is 6.54 Å². The number of hydrogen-bond donors (Lipinski definition) is 0. The molecule has 0 aliphatic heterocycles. The van der Waals surface area contributed by atoms with Crippen LogP contribution in [0.2, 0.25) is 0 Å². The van der Waals surface area contributed by atoms with Crippen molar-refractivity contribution in [3.63, 3.8) is 0 Å². The zero-order chi connectivity index (χ0) is 7.56. The van der Waals surface area contributed by atoms with Gasteiger partial charge in [-0.05, 0) is 6.92 Å². The number of nitrogens with zero attached hydrogens (tertiary/aromatic N) is 2. The van der Waals surface area contributed by atoms with Gasteiger partial charge in [0.2, 0.25) is 0 Å². The molecule has 1 aromatic heterocycles. The zero-order valence-corrected chi connectivity index (χ0v) is 7.09. The van der Waals surface area contributed by atoms with Crippen molar-refractivity contribution in [3.05, 3.63) is 16.4 Å². The van der Waals surface area contributed by atoms with Crippen LogP contribution in [0.4, 0.5) is 0 Å². The Hall–Kier alpha value is -0.580. The normalized spacial score (nSPS) is 10.2. The Morgan fingerprint density at radius 1 is 1.80 bits per heavy atom. The Balaban J connectivity index is 2.99. The molecule has 1 heterocycles. The molecule has 56 valence electrons. The van der Waals surface area contributed by atoms with Gasteiger partial charge in [-0.25, -0.2) is 4.79 Å². The smallest absolute Gasteiger partial charge is 0.296 e. The third-order valence-electron chi connectivity index (χ3n) is 1.17. The van der Waals surface area contributed by atoms with Crippen molar-refractivity contribution in [1.82, 2.24) is 9.72 Å². The molecule has 0 saturated heterocycles. The summed E-state index contributed by atoms with van der Waals surface area (Å²) in [7, 11) is 0. The maximum absolute atomic E-state index is 10.7. The highest BCUT2D eigenvalue weighted by Crippen LogP contribution is 1.90. The van der Waals surface area contributed by atoms with Crippen molar-refractivity contribution in [3.8, 4) is 0 Å². The molecule has 0 aliphatic rings. The van der Waals surface area contributed by atoms with Crippen LogP contribution in [0.25, 0.3) is 0 Å². The average Bonchev–Trinajstić information content (AvgIpc) is 2.20. The van der Waals surface area contributed by atoms with Crippen molar-refractivity contribution in [2.75, 3.05) is 5.33 Å². The van der Waals surface area contributed by atoms with Gasteiger partial charge in [0.1, 0.15) is 0 Å². The third kappa shape index (κ3) is 1.29. The summed E-state index contributed by atoms with van der Waals surface area (Å²) in [5.41, 5.74) is 0. The van der Waals surface area contributed by atoms with Crippen molar-refractivity contribution in [2.45, 2.75) is 13.5 Å². The van der Waals surface area contributed by atoms with Crippen LogP contribution in [0.15, 0.2) is 9.32 Å². The van der Waals surface area contributed by atoms with E-state index >= 15 is 0 Å². The highest BCUT2D eigenvalue weighted by atomic mass is 79.9. The standard InChI is InChI=1S/C5H7BrN2O2/c1-4-7-10-5(9)8(4)3-2-6/h2-3H2,1H3. The molecule has 1 aromatic rings. The van der Waals surface area contributed by atoms with Gasteiger partial charge in [-0.3, -0.25) is 9.09 Å². The summed E-state index contributed by atoms with van der Waals surface area (Å²) in [5, 5.41) is 4.22. The van der Waals surface area contributed by atoms with Crippen LogP contribution in [-0.4, -0.2) is 15.1 Å². The summed E-state index contributed by atoms with van der Waals surface area (Å²) >= 11 is 3.21. The number of aromatic nitrogens is 2. The molecule has 0 aliphatic carbocycles. The Morgan fingerprint density at radius 3 is 2.90 bits per heavy atom. The highest BCUT2D eigenvalue weighted by Gasteiger charge is 2.02. The summed E-state index contributed by atoms with van der Waals surface area (Å²) < 4.78 is 5.85. The van der Waals surface area contributed by atoms with E-state index in [0.717, 1.165) is 5.33 Å². The van der Waals surface area contributed by atoms with E-state index in [1.807, 2.05) is 0 Å². The summed E-state index contributed by atoms with van der Waals surface area (Å²) in [4.78, 5) is 10.7. The lowest BCUT2D eigenvalue weighted by Gasteiger charge is -1.93. The molecule has 0 amide bonds. The molecular weight excluding hydrogens is 200 g/mol. The lowest BCUT2D eigenvalue weighted by atomic mass is 10.6. The van der Waals surface area contributed by atoms with E-state index in [1.54, 1.807) is 6.92 Å². The zero-order valence-electron chi connectivity index (χ0n) is 5.50. The third-order valence-corrected chi connectivity index (χ3v) is 1.53. The monoisotopic (exact) mass is 206 g/mol. The number of rotatable bonds is 2. The van der Waals surface area contributed by atoms with E-state index in [4.69, 9.17) is 0 Å². The molecule has 0 spiro atoms. The molecule has 0 radical (unpaired) electrons. The van der Waals surface area contributed by atoms with Crippen LogP contribution in [0.5, 0.6) is 0 Å². The van der Waals surface area contributed by atoms with Gasteiger partial charge in [-0.2, -0.15) is 0 Å². The van der Waals surface area contributed by atoms with Crippen LogP contribution in [0.1, 0.15) is 5.82 Å². The molecule has 0 N–H and O–H groups in total. The Bertz CT molecular complexity index is 265. The van der Waals surface area contributed by atoms with E-state index in [9.17, 15) is 4.79 Å². The maximum Gasteiger partial charge on any atom is 0.441 e. The average molecular weight is 207 g/mol. The molecule has 0 bridgehead atoms. The first kappa shape index (κ1) is 7.53. The SMILES string of the molecule is Cc1noc(=O)n1CCBr. The Morgan fingerprint density at radius 2 is 2.50 bits per heavy atom. The molecule has 0 unspecified atom stereocenters. The summed E-state index contributed by atoms with van der Waals surface area (Å²) in [6, 6.07) is 0. The molecule has 1 rings (SSSR count). The maximum atomic E-state index is 10.7. The Labute approximate surface area is 66.0 Å². The highest BCUT2D eigenvalue weighted by molar-refractivity contribution is 9.09. The van der Waals surface area contributed by atoms with Crippen molar-refractivity contribution >= 4 is 15.9 Å². The molecule has 5 heteroatoms. The van der Waals surface area contributed by atoms with Crippen molar-refractivity contribution < 1.29 is 4.52 Å². The number of hydrogen-bond acceptors (Lipinski definition) is 3. The molecule has 0 atom stereocenters. The molecule has 4 nitrogen and oxygen atoms in total. The number of aryl methyl sites for hydroxylation is 1. The molecular formula is C5H7BrN2O2. The molecule has 0 saturated carbocycles. The second-order valence-electron chi connectivity index (χ2n) is 1.84. The molecule has 0 aromatic carbocycles. The summed E-state index contributed by atoms with van der Waals surface area (Å²) in [6.45, 7) is 2.34. The van der Waals surface area contributed by atoms with Crippen molar-refractivity contribution in [2.24, 2.45) is 0 Å². The predicted molar refractivity (Wildman–Crippen MR) is 39.3 cm³/mol. The van der Waals surface area contributed by atoms with Crippen LogP contribution in [0, 0.1) is 6.92 Å². The molecule has 10 heavy (non-hydrogen) atoms. The second kappa shape index (κ2) is 3.01. The van der Waals surface area contributed by atoms with E-state index < -0.39 is 5.76 Å². The largest absolute Gasteiger partial charge is 0.441 e. The fourth-order valence-electron chi connectivity index (χ4n) is 0.673. The first-order valence-electron chi connectivity index (χ1n) is 2.85. The Kier molecular flexibility index (Phi) is 2.26. The number of halogens is 1. The fourth-order valence-corrected chi connectivity index (χ4v) is 1.03. The van der Waals surface area contributed by atoms with Gasteiger partial charge in [0.05, 0.1) is 0 Å². The van der Waals surface area contributed by atoms with E-state index in [2.05, 4.69) is 25.6 Å². The minimum Gasteiger partial charge on any atom is -0.296 e. The topological polar surface area (TPSA) is 48.0 Å². The predicted octanol–water partition coefficient (Wildman–Crippen LogP) is 0.540. The lowest BCUT2D eigenvalue weighted by Crippen LogP contribution is -2.16. The van der Waals surface area contributed by atoms with Gasteiger partial charge in [-0.1, -0.05) is 21.1 Å². The number of alkyl halides is 1. The first-order valence-corrected chi connectivity index (χ1v) is 3.97. The summed E-state index contributed by atoms with van der Waals surface area (Å²) in [5.74, 6) is 0.224. The van der Waals surface area contributed by atoms with Gasteiger partial charge < -0.3 is 0 Å². The van der Waals surface area contributed by atoms with Gasteiger partial charge in [0.15, 0.2) is 5.82 Å². The van der Waals surface area contributed by atoms with Crippen molar-refractivity contribution in [1.29, 1.82) is 0 Å². The minimum atomic E-state index is -0.392. The quantitative estimate of drug-likeness (QED) is 0.665. The van der Waals surface area contributed by atoms with Gasteiger partial charge in [-0.15, -0.1) is 0 Å². The van der Waals surface area contributed by atoms with Gasteiger partial charge in [0.25, 0.3) is 0 Å². The van der Waals surface area contributed by atoms with Crippen LogP contribution >= 0.6 is 15.9 Å². The van der Waals surface area contributed by atoms with Crippen LogP contribution < -0.4 is 5.76 Å². The summed E-state index contributed by atoms with van der Waals surface area (Å²) in [6.07, 6.45) is 0. The van der Waals surface area contributed by atoms with E-state index in [-0.39, 0.29) is 0 Å². The van der Waals surface area contributed by atoms with Gasteiger partial charge in [0, 0.05) is 11.9 Å². The van der Waals surface area contributed by atoms with E-state index in [0.29, 0.717) is 12.4 Å². The van der Waals surface area contributed by atoms with Gasteiger partial charge >= 0.3 is 5.76 Å². The fraction of sp³-hybridized carbons (Fsp3) is 0.600. The lowest BCUT2D eigenvalue weighted by molar-refractivity contribution is 0.375. The molecule has 0 fully saturated rings.